The fraction of sp³-hybridized carbons (Fsp3) is 0.263. The molecule has 0 fully saturated rings. The number of rotatable bonds is 9. The number of esters is 1. The Kier molecular flexibility index (Phi) is 7.87. The maximum Gasteiger partial charge on any atom is 0.493 e. The Bertz CT molecular complexity index is 869. The standard InChI is InChI=1S/C19H21BN2O7/c1-27-19(24)17(11-13-7-9-15(10-8-13)20(28-2)29-3)21-18(23)14-5-4-6-16(12-14)22(25)26/h4-10,12,17H,11H2,1-3H3,(H,21,23)/t17-/m1/s1. The number of hydrogen-bond donors (Lipinski definition) is 1. The Morgan fingerprint density at radius 3 is 2.31 bits per heavy atom. The van der Waals surface area contributed by atoms with Gasteiger partial charge in [-0.1, -0.05) is 30.3 Å². The van der Waals surface area contributed by atoms with Gasteiger partial charge in [-0.25, -0.2) is 4.79 Å². The summed E-state index contributed by atoms with van der Waals surface area (Å²) in [6.45, 7) is 0. The molecule has 0 aliphatic rings. The molecule has 1 atom stereocenters. The molecule has 0 saturated carbocycles. The highest BCUT2D eigenvalue weighted by Gasteiger charge is 2.24. The summed E-state index contributed by atoms with van der Waals surface area (Å²) >= 11 is 0. The molecule has 2 aromatic rings. The Morgan fingerprint density at radius 2 is 1.76 bits per heavy atom. The summed E-state index contributed by atoms with van der Waals surface area (Å²) in [5.41, 5.74) is 1.43. The number of nitro benzene ring substituents is 1. The minimum absolute atomic E-state index is 0.0754. The fourth-order valence-corrected chi connectivity index (χ4v) is 2.75. The van der Waals surface area contributed by atoms with Gasteiger partial charge in [-0.2, -0.15) is 0 Å². The molecule has 0 unspecified atom stereocenters. The van der Waals surface area contributed by atoms with E-state index in [0.29, 0.717) is 0 Å². The molecule has 1 amide bonds. The zero-order chi connectivity index (χ0) is 21.4. The number of amides is 1. The van der Waals surface area contributed by atoms with Gasteiger partial charge in [-0.05, 0) is 17.1 Å². The first kappa shape index (κ1) is 22.1. The van der Waals surface area contributed by atoms with Crippen LogP contribution in [0.5, 0.6) is 0 Å². The second-order valence-corrected chi connectivity index (χ2v) is 6.11. The van der Waals surface area contributed by atoms with Crippen LogP contribution in [-0.2, 0) is 25.3 Å². The summed E-state index contributed by atoms with van der Waals surface area (Å²) in [5.74, 6) is -1.24. The molecule has 9 nitrogen and oxygen atoms in total. The van der Waals surface area contributed by atoms with Crippen LogP contribution in [0.25, 0.3) is 0 Å². The first-order chi connectivity index (χ1) is 13.9. The Hall–Kier alpha value is -3.24. The van der Waals surface area contributed by atoms with Crippen molar-refractivity contribution in [1.29, 1.82) is 0 Å². The molecule has 0 saturated heterocycles. The lowest BCUT2D eigenvalue weighted by Crippen LogP contribution is -2.43. The van der Waals surface area contributed by atoms with E-state index >= 15 is 0 Å². The van der Waals surface area contributed by atoms with Crippen LogP contribution < -0.4 is 10.8 Å². The molecule has 1 N–H and O–H groups in total. The van der Waals surface area contributed by atoms with E-state index < -0.39 is 30.0 Å². The largest absolute Gasteiger partial charge is 0.493 e. The molecule has 0 aliphatic carbocycles. The number of benzene rings is 2. The summed E-state index contributed by atoms with van der Waals surface area (Å²) < 4.78 is 15.2. The number of nitrogens with one attached hydrogen (secondary N) is 1. The number of hydrogen-bond acceptors (Lipinski definition) is 7. The molecule has 2 aromatic carbocycles. The summed E-state index contributed by atoms with van der Waals surface area (Å²) in [5, 5.41) is 13.5. The maximum absolute atomic E-state index is 12.5. The smallest absolute Gasteiger partial charge is 0.467 e. The van der Waals surface area contributed by atoms with Crippen molar-refractivity contribution >= 4 is 30.1 Å². The zero-order valence-corrected chi connectivity index (χ0v) is 16.3. The Labute approximate surface area is 168 Å². The van der Waals surface area contributed by atoms with Crippen LogP contribution >= 0.6 is 0 Å². The topological polar surface area (TPSA) is 117 Å². The highest BCUT2D eigenvalue weighted by Crippen LogP contribution is 2.14. The summed E-state index contributed by atoms with van der Waals surface area (Å²) in [7, 11) is 3.77. The molecule has 0 spiro atoms. The molecule has 152 valence electrons. The average molecular weight is 400 g/mol. The molecule has 0 bridgehead atoms. The van der Waals surface area contributed by atoms with Crippen molar-refractivity contribution in [1.82, 2.24) is 5.32 Å². The van der Waals surface area contributed by atoms with Gasteiger partial charge < -0.3 is 19.4 Å². The maximum atomic E-state index is 12.5. The average Bonchev–Trinajstić information content (AvgIpc) is 2.74. The van der Waals surface area contributed by atoms with E-state index in [4.69, 9.17) is 14.0 Å². The normalized spacial score (nSPS) is 11.4. The van der Waals surface area contributed by atoms with Crippen LogP contribution in [0.1, 0.15) is 15.9 Å². The highest BCUT2D eigenvalue weighted by atomic mass is 16.6. The van der Waals surface area contributed by atoms with E-state index in [0.717, 1.165) is 17.1 Å². The fourth-order valence-electron chi connectivity index (χ4n) is 2.75. The van der Waals surface area contributed by atoms with Crippen molar-refractivity contribution in [3.63, 3.8) is 0 Å². The minimum Gasteiger partial charge on any atom is -0.467 e. The molecule has 10 heteroatoms. The van der Waals surface area contributed by atoms with Crippen molar-refractivity contribution in [3.8, 4) is 0 Å². The summed E-state index contributed by atoms with van der Waals surface area (Å²) in [6, 6.07) is 11.5. The van der Waals surface area contributed by atoms with E-state index in [1.165, 1.54) is 39.5 Å². The van der Waals surface area contributed by atoms with Crippen molar-refractivity contribution in [2.45, 2.75) is 12.5 Å². The van der Waals surface area contributed by atoms with Crippen molar-refractivity contribution in [2.24, 2.45) is 0 Å². The number of nitrogens with zero attached hydrogens (tertiary/aromatic N) is 1. The number of non-ortho nitro benzene ring substituents is 1. The van der Waals surface area contributed by atoms with Crippen LogP contribution in [0.3, 0.4) is 0 Å². The molecule has 29 heavy (non-hydrogen) atoms. The quantitative estimate of drug-likeness (QED) is 0.290. The number of carbonyl (C=O) groups excluding carboxylic acids is 2. The number of nitro groups is 1. The third kappa shape index (κ3) is 5.87. The van der Waals surface area contributed by atoms with Crippen LogP contribution in [0.4, 0.5) is 5.69 Å². The number of carbonyl (C=O) groups is 2. The number of ether oxygens (including phenoxy) is 1. The van der Waals surface area contributed by atoms with Crippen molar-refractivity contribution < 1.29 is 28.6 Å². The third-order valence-corrected chi connectivity index (χ3v) is 4.23. The van der Waals surface area contributed by atoms with E-state index in [-0.39, 0.29) is 17.7 Å². The molecule has 0 aliphatic heterocycles. The van der Waals surface area contributed by atoms with Gasteiger partial charge in [-0.3, -0.25) is 14.9 Å². The molecule has 0 heterocycles. The second-order valence-electron chi connectivity index (χ2n) is 6.11. The third-order valence-electron chi connectivity index (χ3n) is 4.23. The summed E-state index contributed by atoms with van der Waals surface area (Å²) in [4.78, 5) is 34.9. The molecule has 0 radical (unpaired) electrons. The van der Waals surface area contributed by atoms with Gasteiger partial charge in [0.2, 0.25) is 0 Å². The lowest BCUT2D eigenvalue weighted by molar-refractivity contribution is -0.384. The van der Waals surface area contributed by atoms with Crippen molar-refractivity contribution in [3.05, 3.63) is 69.8 Å². The van der Waals surface area contributed by atoms with E-state index in [9.17, 15) is 19.7 Å². The molecule has 2 rings (SSSR count). The predicted octanol–water partition coefficient (Wildman–Crippen LogP) is 1.10. The van der Waals surface area contributed by atoms with Crippen LogP contribution in [0.2, 0.25) is 0 Å². The van der Waals surface area contributed by atoms with Gasteiger partial charge in [0.05, 0.1) is 12.0 Å². The van der Waals surface area contributed by atoms with Gasteiger partial charge in [0.15, 0.2) is 0 Å². The Balaban J connectivity index is 2.15. The second kappa shape index (κ2) is 10.3. The zero-order valence-electron chi connectivity index (χ0n) is 16.3. The lowest BCUT2D eigenvalue weighted by Gasteiger charge is -2.17. The Morgan fingerprint density at radius 1 is 1.10 bits per heavy atom. The first-order valence-electron chi connectivity index (χ1n) is 8.67. The first-order valence-corrected chi connectivity index (χ1v) is 8.67. The van der Waals surface area contributed by atoms with Crippen molar-refractivity contribution in [2.75, 3.05) is 21.3 Å². The highest BCUT2D eigenvalue weighted by molar-refractivity contribution is 6.61. The minimum atomic E-state index is -0.960. The van der Waals surface area contributed by atoms with Crippen LogP contribution in [0.15, 0.2) is 48.5 Å². The van der Waals surface area contributed by atoms with Crippen LogP contribution in [-0.4, -0.2) is 51.3 Å². The van der Waals surface area contributed by atoms with Gasteiger partial charge in [-0.15, -0.1) is 0 Å². The predicted molar refractivity (Wildman–Crippen MR) is 106 cm³/mol. The molecular formula is C19H21BN2O7. The van der Waals surface area contributed by atoms with Gasteiger partial charge >= 0.3 is 13.1 Å². The van der Waals surface area contributed by atoms with Gasteiger partial charge in [0.25, 0.3) is 11.6 Å². The lowest BCUT2D eigenvalue weighted by atomic mass is 9.78. The van der Waals surface area contributed by atoms with E-state index in [1.54, 1.807) is 24.3 Å². The van der Waals surface area contributed by atoms with Crippen LogP contribution in [0, 0.1) is 10.1 Å². The summed E-state index contributed by atoms with van der Waals surface area (Å²) in [6.07, 6.45) is 0.179. The molecule has 0 aromatic heterocycles. The number of methoxy groups -OCH3 is 1. The monoisotopic (exact) mass is 400 g/mol. The SMILES string of the molecule is COB(OC)c1ccc(C[C@@H](NC(=O)c2cccc([N+](=O)[O-])c2)C(=O)OC)cc1. The van der Waals surface area contributed by atoms with Gasteiger partial charge in [0.1, 0.15) is 6.04 Å². The van der Waals surface area contributed by atoms with E-state index in [2.05, 4.69) is 5.32 Å². The molecular weight excluding hydrogens is 379 g/mol. The van der Waals surface area contributed by atoms with Gasteiger partial charge in [0, 0.05) is 38.3 Å². The van der Waals surface area contributed by atoms with E-state index in [1.807, 2.05) is 0 Å².